The SMILES string of the molecule is CCCNC(CCC(F)(F)F)c1cccc(Br)c1F. The van der Waals surface area contributed by atoms with Crippen molar-refractivity contribution in [2.45, 2.75) is 38.4 Å². The highest BCUT2D eigenvalue weighted by atomic mass is 79.9. The van der Waals surface area contributed by atoms with E-state index in [1.165, 1.54) is 12.1 Å². The van der Waals surface area contributed by atoms with Gasteiger partial charge < -0.3 is 5.32 Å². The molecule has 1 atom stereocenters. The number of halogens is 5. The summed E-state index contributed by atoms with van der Waals surface area (Å²) in [6.45, 7) is 2.46. The minimum atomic E-state index is -4.23. The first-order valence-electron chi connectivity index (χ1n) is 6.09. The maximum absolute atomic E-state index is 13.9. The summed E-state index contributed by atoms with van der Waals surface area (Å²) in [6, 6.07) is 4.04. The number of hydrogen-bond donors (Lipinski definition) is 1. The van der Waals surface area contributed by atoms with Crippen molar-refractivity contribution in [3.8, 4) is 0 Å². The highest BCUT2D eigenvalue weighted by molar-refractivity contribution is 9.10. The van der Waals surface area contributed by atoms with Crippen molar-refractivity contribution in [1.29, 1.82) is 0 Å². The lowest BCUT2D eigenvalue weighted by Crippen LogP contribution is -2.25. The summed E-state index contributed by atoms with van der Waals surface area (Å²) < 4.78 is 51.1. The van der Waals surface area contributed by atoms with E-state index in [-0.39, 0.29) is 16.5 Å². The van der Waals surface area contributed by atoms with Crippen LogP contribution in [0.5, 0.6) is 0 Å². The van der Waals surface area contributed by atoms with E-state index in [1.54, 1.807) is 6.07 Å². The summed E-state index contributed by atoms with van der Waals surface area (Å²) >= 11 is 3.05. The van der Waals surface area contributed by atoms with Crippen molar-refractivity contribution >= 4 is 15.9 Å². The Morgan fingerprint density at radius 3 is 2.58 bits per heavy atom. The Bertz CT molecular complexity index is 406. The molecule has 0 spiro atoms. The fourth-order valence-electron chi connectivity index (χ4n) is 1.78. The molecule has 0 bridgehead atoms. The van der Waals surface area contributed by atoms with Gasteiger partial charge in [0.05, 0.1) is 4.47 Å². The molecule has 1 aromatic rings. The second kappa shape index (κ2) is 7.24. The second-order valence-corrected chi connectivity index (χ2v) is 5.16. The van der Waals surface area contributed by atoms with Gasteiger partial charge in [-0.25, -0.2) is 4.39 Å². The van der Waals surface area contributed by atoms with E-state index in [0.717, 1.165) is 6.42 Å². The highest BCUT2D eigenvalue weighted by Gasteiger charge is 2.29. The molecule has 0 radical (unpaired) electrons. The summed E-state index contributed by atoms with van der Waals surface area (Å²) in [6.07, 6.45) is -4.55. The van der Waals surface area contributed by atoms with Crippen LogP contribution in [-0.4, -0.2) is 12.7 Å². The van der Waals surface area contributed by atoms with Gasteiger partial charge in [-0.1, -0.05) is 19.1 Å². The van der Waals surface area contributed by atoms with Crippen molar-refractivity contribution in [2.75, 3.05) is 6.54 Å². The summed E-state index contributed by atoms with van der Waals surface area (Å²) in [4.78, 5) is 0. The fourth-order valence-corrected chi connectivity index (χ4v) is 2.17. The van der Waals surface area contributed by atoms with Gasteiger partial charge in [-0.05, 0) is 41.4 Å². The molecule has 0 aliphatic carbocycles. The van der Waals surface area contributed by atoms with E-state index in [4.69, 9.17) is 0 Å². The fraction of sp³-hybridized carbons (Fsp3) is 0.538. The Labute approximate surface area is 118 Å². The van der Waals surface area contributed by atoms with E-state index in [9.17, 15) is 17.6 Å². The van der Waals surface area contributed by atoms with Crippen LogP contribution in [0, 0.1) is 5.82 Å². The normalized spacial score (nSPS) is 13.6. The lowest BCUT2D eigenvalue weighted by Gasteiger charge is -2.20. The molecule has 0 amide bonds. The number of alkyl halides is 3. The molecule has 108 valence electrons. The summed E-state index contributed by atoms with van der Waals surface area (Å²) in [7, 11) is 0. The average Bonchev–Trinajstić information content (AvgIpc) is 2.32. The Hall–Kier alpha value is -0.620. The third-order valence-electron chi connectivity index (χ3n) is 2.71. The Kier molecular flexibility index (Phi) is 6.26. The average molecular weight is 342 g/mol. The van der Waals surface area contributed by atoms with E-state index in [1.807, 2.05) is 6.92 Å². The number of nitrogens with one attached hydrogen (secondary N) is 1. The standard InChI is InChI=1S/C13H16BrF4N/c1-2-8-19-11(6-7-13(16,17)18)9-4-3-5-10(14)12(9)15/h3-5,11,19H,2,6-8H2,1H3. The van der Waals surface area contributed by atoms with Gasteiger partial charge in [-0.2, -0.15) is 13.2 Å². The van der Waals surface area contributed by atoms with Crippen LogP contribution < -0.4 is 5.32 Å². The molecule has 0 saturated heterocycles. The first-order valence-corrected chi connectivity index (χ1v) is 6.88. The van der Waals surface area contributed by atoms with Crippen LogP contribution in [0.1, 0.15) is 37.8 Å². The molecule has 1 aromatic carbocycles. The van der Waals surface area contributed by atoms with E-state index < -0.39 is 24.5 Å². The minimum Gasteiger partial charge on any atom is -0.310 e. The Morgan fingerprint density at radius 2 is 2.00 bits per heavy atom. The molecule has 1 rings (SSSR count). The number of hydrogen-bond acceptors (Lipinski definition) is 1. The minimum absolute atomic E-state index is 0.170. The molecule has 6 heteroatoms. The smallest absolute Gasteiger partial charge is 0.310 e. The number of rotatable bonds is 6. The quantitative estimate of drug-likeness (QED) is 0.720. The van der Waals surface area contributed by atoms with Crippen LogP contribution in [0.2, 0.25) is 0 Å². The van der Waals surface area contributed by atoms with E-state index >= 15 is 0 Å². The molecule has 1 N–H and O–H groups in total. The zero-order chi connectivity index (χ0) is 14.5. The van der Waals surface area contributed by atoms with Gasteiger partial charge in [-0.15, -0.1) is 0 Å². The molecule has 0 fully saturated rings. The van der Waals surface area contributed by atoms with Gasteiger partial charge in [0.2, 0.25) is 0 Å². The molecule has 0 heterocycles. The van der Waals surface area contributed by atoms with Crippen LogP contribution >= 0.6 is 15.9 Å². The molecule has 1 unspecified atom stereocenters. The van der Waals surface area contributed by atoms with E-state index in [0.29, 0.717) is 6.54 Å². The van der Waals surface area contributed by atoms with Gasteiger partial charge in [0.1, 0.15) is 5.82 Å². The topological polar surface area (TPSA) is 12.0 Å². The maximum Gasteiger partial charge on any atom is 0.389 e. The van der Waals surface area contributed by atoms with Crippen LogP contribution in [0.15, 0.2) is 22.7 Å². The summed E-state index contributed by atoms with van der Waals surface area (Å²) in [5.74, 6) is -0.502. The maximum atomic E-state index is 13.9. The molecule has 0 aromatic heterocycles. The number of benzene rings is 1. The third kappa shape index (κ3) is 5.48. The highest BCUT2D eigenvalue weighted by Crippen LogP contribution is 2.30. The molecule has 1 nitrogen and oxygen atoms in total. The van der Waals surface area contributed by atoms with Crippen LogP contribution in [0.4, 0.5) is 17.6 Å². The van der Waals surface area contributed by atoms with Crippen molar-refractivity contribution < 1.29 is 17.6 Å². The van der Waals surface area contributed by atoms with Crippen molar-refractivity contribution in [3.05, 3.63) is 34.1 Å². The predicted octanol–water partition coefficient (Wildman–Crippen LogP) is 4.97. The first kappa shape index (κ1) is 16.4. The zero-order valence-corrected chi connectivity index (χ0v) is 12.1. The van der Waals surface area contributed by atoms with Crippen LogP contribution in [0.25, 0.3) is 0 Å². The molecule has 19 heavy (non-hydrogen) atoms. The van der Waals surface area contributed by atoms with E-state index in [2.05, 4.69) is 21.2 Å². The monoisotopic (exact) mass is 341 g/mol. The van der Waals surface area contributed by atoms with Gasteiger partial charge >= 0.3 is 6.18 Å². The molecule has 0 saturated carbocycles. The first-order chi connectivity index (χ1) is 8.85. The zero-order valence-electron chi connectivity index (χ0n) is 10.5. The third-order valence-corrected chi connectivity index (χ3v) is 3.33. The predicted molar refractivity (Wildman–Crippen MR) is 70.4 cm³/mol. The Balaban J connectivity index is 2.86. The van der Waals surface area contributed by atoms with Gasteiger partial charge in [-0.3, -0.25) is 0 Å². The lowest BCUT2D eigenvalue weighted by atomic mass is 10.0. The summed E-state index contributed by atoms with van der Waals surface area (Å²) in [5, 5.41) is 2.97. The molecule has 0 aliphatic rings. The largest absolute Gasteiger partial charge is 0.389 e. The lowest BCUT2D eigenvalue weighted by molar-refractivity contribution is -0.136. The van der Waals surface area contributed by atoms with Crippen LogP contribution in [0.3, 0.4) is 0 Å². The molecular weight excluding hydrogens is 326 g/mol. The summed E-state index contributed by atoms with van der Waals surface area (Å²) in [5.41, 5.74) is 0.270. The molecular formula is C13H16BrF4N. The van der Waals surface area contributed by atoms with Gasteiger partial charge in [0.15, 0.2) is 0 Å². The van der Waals surface area contributed by atoms with Gasteiger partial charge in [0, 0.05) is 18.0 Å². The van der Waals surface area contributed by atoms with Crippen molar-refractivity contribution in [1.82, 2.24) is 5.32 Å². The second-order valence-electron chi connectivity index (χ2n) is 4.30. The van der Waals surface area contributed by atoms with Crippen molar-refractivity contribution in [2.24, 2.45) is 0 Å². The van der Waals surface area contributed by atoms with Crippen LogP contribution in [-0.2, 0) is 0 Å². The van der Waals surface area contributed by atoms with Crippen molar-refractivity contribution in [3.63, 3.8) is 0 Å². The molecule has 0 aliphatic heterocycles. The van der Waals surface area contributed by atoms with Gasteiger partial charge in [0.25, 0.3) is 0 Å². The Morgan fingerprint density at radius 1 is 1.32 bits per heavy atom.